The fourth-order valence-corrected chi connectivity index (χ4v) is 4.52. The molecule has 0 spiro atoms. The molecular formula is C24H32N4O. The molecule has 29 heavy (non-hydrogen) atoms. The van der Waals surface area contributed by atoms with E-state index in [2.05, 4.69) is 69.1 Å². The van der Waals surface area contributed by atoms with Crippen molar-refractivity contribution in [2.75, 3.05) is 40.3 Å². The maximum absolute atomic E-state index is 5.33. The predicted molar refractivity (Wildman–Crippen MR) is 119 cm³/mol. The molecule has 2 unspecified atom stereocenters. The van der Waals surface area contributed by atoms with Crippen LogP contribution in [0.2, 0.25) is 0 Å². The largest absolute Gasteiger partial charge is 0.497 e. The van der Waals surface area contributed by atoms with Gasteiger partial charge in [-0.1, -0.05) is 36.4 Å². The monoisotopic (exact) mass is 392 g/mol. The number of guanidine groups is 1. The van der Waals surface area contributed by atoms with Crippen LogP contribution >= 0.6 is 0 Å². The van der Waals surface area contributed by atoms with Gasteiger partial charge in [-0.2, -0.15) is 0 Å². The van der Waals surface area contributed by atoms with Gasteiger partial charge >= 0.3 is 0 Å². The van der Waals surface area contributed by atoms with Crippen molar-refractivity contribution in [3.63, 3.8) is 0 Å². The Kier molecular flexibility index (Phi) is 6.35. The molecular weight excluding hydrogens is 360 g/mol. The quantitative estimate of drug-likeness (QED) is 0.561. The lowest BCUT2D eigenvalue weighted by Crippen LogP contribution is -2.44. The Morgan fingerprint density at radius 2 is 1.86 bits per heavy atom. The van der Waals surface area contributed by atoms with E-state index in [1.165, 1.54) is 29.5 Å². The SMILES string of the molecule is CN=C(NCC1Cc2ccccc21)NCC(c1ccc(OC)cc1)N1CCCC1. The number of nitrogens with one attached hydrogen (secondary N) is 2. The Morgan fingerprint density at radius 3 is 2.55 bits per heavy atom. The van der Waals surface area contributed by atoms with Crippen molar-refractivity contribution in [1.82, 2.24) is 15.5 Å². The van der Waals surface area contributed by atoms with E-state index in [-0.39, 0.29) is 0 Å². The summed E-state index contributed by atoms with van der Waals surface area (Å²) in [7, 11) is 3.56. The van der Waals surface area contributed by atoms with Crippen molar-refractivity contribution in [3.05, 3.63) is 65.2 Å². The van der Waals surface area contributed by atoms with Crippen LogP contribution in [0.25, 0.3) is 0 Å². The highest BCUT2D eigenvalue weighted by molar-refractivity contribution is 5.79. The summed E-state index contributed by atoms with van der Waals surface area (Å²) in [6, 6.07) is 17.6. The first kappa shape index (κ1) is 19.8. The highest BCUT2D eigenvalue weighted by Crippen LogP contribution is 2.34. The van der Waals surface area contributed by atoms with Gasteiger partial charge in [-0.25, -0.2) is 0 Å². The first-order valence-corrected chi connectivity index (χ1v) is 10.7. The molecule has 1 fully saturated rings. The Morgan fingerprint density at radius 1 is 1.10 bits per heavy atom. The summed E-state index contributed by atoms with van der Waals surface area (Å²) in [6.45, 7) is 4.08. The van der Waals surface area contributed by atoms with Crippen LogP contribution in [-0.4, -0.2) is 51.2 Å². The highest BCUT2D eigenvalue weighted by Gasteiger charge is 2.26. The normalized spacial score (nSPS) is 19.9. The predicted octanol–water partition coefficient (Wildman–Crippen LogP) is 3.34. The summed E-state index contributed by atoms with van der Waals surface area (Å²) in [5.74, 6) is 2.37. The molecule has 1 heterocycles. The summed E-state index contributed by atoms with van der Waals surface area (Å²) in [5, 5.41) is 7.10. The average molecular weight is 393 g/mol. The van der Waals surface area contributed by atoms with Gasteiger partial charge in [0.2, 0.25) is 0 Å². The molecule has 1 aliphatic heterocycles. The van der Waals surface area contributed by atoms with Crippen LogP contribution in [0.5, 0.6) is 5.75 Å². The van der Waals surface area contributed by atoms with Crippen LogP contribution in [-0.2, 0) is 6.42 Å². The number of likely N-dealkylation sites (tertiary alicyclic amines) is 1. The lowest BCUT2D eigenvalue weighted by atomic mass is 9.78. The van der Waals surface area contributed by atoms with E-state index in [1.807, 2.05) is 7.05 Å². The van der Waals surface area contributed by atoms with Crippen molar-refractivity contribution < 1.29 is 4.74 Å². The van der Waals surface area contributed by atoms with E-state index in [0.29, 0.717) is 12.0 Å². The van der Waals surface area contributed by atoms with E-state index in [0.717, 1.165) is 44.3 Å². The minimum absolute atomic E-state index is 0.339. The number of ether oxygens (including phenoxy) is 1. The van der Waals surface area contributed by atoms with Gasteiger partial charge in [-0.3, -0.25) is 9.89 Å². The Bertz CT molecular complexity index is 827. The van der Waals surface area contributed by atoms with Gasteiger partial charge in [0.25, 0.3) is 0 Å². The third-order valence-electron chi connectivity index (χ3n) is 6.25. The van der Waals surface area contributed by atoms with Crippen LogP contribution in [0.4, 0.5) is 0 Å². The Labute approximate surface area is 174 Å². The lowest BCUT2D eigenvalue weighted by Gasteiger charge is -2.31. The minimum atomic E-state index is 0.339. The molecule has 0 aromatic heterocycles. The summed E-state index contributed by atoms with van der Waals surface area (Å²) in [5.41, 5.74) is 4.28. The van der Waals surface area contributed by atoms with Crippen molar-refractivity contribution >= 4 is 5.96 Å². The average Bonchev–Trinajstić information content (AvgIpc) is 3.28. The fraction of sp³-hybridized carbons (Fsp3) is 0.458. The highest BCUT2D eigenvalue weighted by atomic mass is 16.5. The van der Waals surface area contributed by atoms with Gasteiger partial charge in [-0.15, -0.1) is 0 Å². The van der Waals surface area contributed by atoms with Crippen molar-refractivity contribution in [2.45, 2.75) is 31.2 Å². The van der Waals surface area contributed by atoms with Gasteiger partial charge in [0, 0.05) is 26.1 Å². The van der Waals surface area contributed by atoms with Crippen molar-refractivity contribution in [3.8, 4) is 5.75 Å². The van der Waals surface area contributed by atoms with E-state index in [4.69, 9.17) is 4.74 Å². The van der Waals surface area contributed by atoms with Gasteiger partial charge in [0.15, 0.2) is 5.96 Å². The van der Waals surface area contributed by atoms with Crippen LogP contribution in [0.15, 0.2) is 53.5 Å². The number of hydrogen-bond donors (Lipinski definition) is 2. The molecule has 1 aliphatic carbocycles. The standard InChI is InChI=1S/C24H32N4O/c1-25-24(26-16-20-15-19-7-3-4-8-22(19)20)27-17-23(28-13-5-6-14-28)18-9-11-21(29-2)12-10-18/h3-4,7-12,20,23H,5-6,13-17H2,1-2H3,(H2,25,26,27). The van der Waals surface area contributed by atoms with Gasteiger partial charge < -0.3 is 15.4 Å². The maximum Gasteiger partial charge on any atom is 0.191 e. The van der Waals surface area contributed by atoms with Crippen molar-refractivity contribution in [2.24, 2.45) is 4.99 Å². The van der Waals surface area contributed by atoms with E-state index in [9.17, 15) is 0 Å². The zero-order chi connectivity index (χ0) is 20.1. The number of aliphatic imine (C=N–C) groups is 1. The number of benzene rings is 2. The number of fused-ring (bicyclic) bond motifs is 1. The molecule has 0 saturated carbocycles. The molecule has 2 aliphatic rings. The summed E-state index contributed by atoms with van der Waals surface area (Å²) >= 11 is 0. The second kappa shape index (κ2) is 9.31. The lowest BCUT2D eigenvalue weighted by molar-refractivity contribution is 0.245. The van der Waals surface area contributed by atoms with Crippen LogP contribution in [0.1, 0.15) is 41.5 Å². The number of nitrogens with zero attached hydrogens (tertiary/aromatic N) is 2. The first-order chi connectivity index (χ1) is 14.3. The summed E-state index contributed by atoms with van der Waals surface area (Å²) in [6.07, 6.45) is 3.71. The number of hydrogen-bond acceptors (Lipinski definition) is 3. The molecule has 2 aromatic rings. The maximum atomic E-state index is 5.33. The first-order valence-electron chi connectivity index (χ1n) is 10.7. The molecule has 4 rings (SSSR count). The van der Waals surface area contributed by atoms with Crippen LogP contribution in [0.3, 0.4) is 0 Å². The molecule has 0 amide bonds. The molecule has 5 heteroatoms. The Balaban J connectivity index is 1.35. The van der Waals surface area contributed by atoms with Gasteiger partial charge in [-0.05, 0) is 61.2 Å². The third kappa shape index (κ3) is 4.56. The molecule has 1 saturated heterocycles. The topological polar surface area (TPSA) is 48.9 Å². The zero-order valence-electron chi connectivity index (χ0n) is 17.5. The van der Waals surface area contributed by atoms with Gasteiger partial charge in [0.1, 0.15) is 5.75 Å². The molecule has 2 atom stereocenters. The second-order valence-corrected chi connectivity index (χ2v) is 7.97. The minimum Gasteiger partial charge on any atom is -0.497 e. The van der Waals surface area contributed by atoms with E-state index >= 15 is 0 Å². The summed E-state index contributed by atoms with van der Waals surface area (Å²) in [4.78, 5) is 7.02. The van der Waals surface area contributed by atoms with E-state index < -0.39 is 0 Å². The van der Waals surface area contributed by atoms with Crippen LogP contribution < -0.4 is 15.4 Å². The fourth-order valence-electron chi connectivity index (χ4n) is 4.52. The zero-order valence-corrected chi connectivity index (χ0v) is 17.5. The smallest absolute Gasteiger partial charge is 0.191 e. The molecule has 2 aromatic carbocycles. The Hall–Kier alpha value is -2.53. The molecule has 0 bridgehead atoms. The molecule has 2 N–H and O–H groups in total. The third-order valence-corrected chi connectivity index (χ3v) is 6.25. The molecule has 0 radical (unpaired) electrons. The van der Waals surface area contributed by atoms with Crippen LogP contribution in [0, 0.1) is 0 Å². The van der Waals surface area contributed by atoms with E-state index in [1.54, 1.807) is 7.11 Å². The van der Waals surface area contributed by atoms with Crippen molar-refractivity contribution in [1.29, 1.82) is 0 Å². The summed E-state index contributed by atoms with van der Waals surface area (Å²) < 4.78 is 5.33. The second-order valence-electron chi connectivity index (χ2n) is 7.97. The molecule has 154 valence electrons. The number of rotatable bonds is 7. The van der Waals surface area contributed by atoms with Gasteiger partial charge in [0.05, 0.1) is 13.2 Å². The number of methoxy groups -OCH3 is 1. The molecule has 5 nitrogen and oxygen atoms in total.